The molecule has 0 aliphatic heterocycles. The maximum atomic E-state index is 12.8. The fourth-order valence-corrected chi connectivity index (χ4v) is 3.64. The number of rotatable bonds is 6. The lowest BCUT2D eigenvalue weighted by Gasteiger charge is -2.10. The molecule has 0 saturated carbocycles. The maximum Gasteiger partial charge on any atom is 0.359 e. The number of Topliss-reactive ketones (excluding diaryl/α,β-unsaturated/α-hetero) is 1. The van der Waals surface area contributed by atoms with Gasteiger partial charge in [-0.15, -0.1) is 0 Å². The summed E-state index contributed by atoms with van der Waals surface area (Å²) in [6, 6.07) is 18.4. The van der Waals surface area contributed by atoms with Crippen LogP contribution in [0.3, 0.4) is 0 Å². The summed E-state index contributed by atoms with van der Waals surface area (Å²) in [6.07, 6.45) is 0. The summed E-state index contributed by atoms with van der Waals surface area (Å²) in [5.41, 5.74) is 2.98. The molecular weight excluding hydrogens is 394 g/mol. The van der Waals surface area contributed by atoms with Crippen molar-refractivity contribution in [2.75, 3.05) is 6.61 Å². The molecular formula is C24H21N3O4. The fraction of sp³-hybridized carbons (Fsp3) is 0.167. The van der Waals surface area contributed by atoms with Gasteiger partial charge in [-0.05, 0) is 31.5 Å². The summed E-state index contributed by atoms with van der Waals surface area (Å²) in [5, 5.41) is 6.82. The first-order chi connectivity index (χ1) is 15.0. The van der Waals surface area contributed by atoms with Crippen LogP contribution in [-0.2, 0) is 11.3 Å². The Bertz CT molecular complexity index is 1340. The Kier molecular flexibility index (Phi) is 5.49. The lowest BCUT2D eigenvalue weighted by molar-refractivity contribution is 0.0469. The smallest absolute Gasteiger partial charge is 0.359 e. The number of aryl methyl sites for hydroxylation is 1. The number of hydrogen-bond donors (Lipinski definition) is 1. The molecule has 0 radical (unpaired) electrons. The number of ketones is 1. The number of carbonyl (C=O) groups is 2. The molecule has 4 aromatic rings. The van der Waals surface area contributed by atoms with Gasteiger partial charge in [-0.3, -0.25) is 9.59 Å². The van der Waals surface area contributed by atoms with Crippen LogP contribution in [0.1, 0.15) is 37.8 Å². The SMILES string of the molecule is Cc1cc(C(=O)COC(=O)c2n[nH]c(=O)c3ccccc23)c(C)n1Cc1ccccc1. The number of nitrogens with zero attached hydrogens (tertiary/aromatic N) is 2. The number of benzene rings is 2. The van der Waals surface area contributed by atoms with Crippen LogP contribution in [0.15, 0.2) is 65.5 Å². The number of aromatic amines is 1. The quantitative estimate of drug-likeness (QED) is 0.385. The van der Waals surface area contributed by atoms with Crippen molar-refractivity contribution < 1.29 is 14.3 Å². The Morgan fingerprint density at radius 3 is 2.42 bits per heavy atom. The van der Waals surface area contributed by atoms with Gasteiger partial charge < -0.3 is 9.30 Å². The zero-order chi connectivity index (χ0) is 22.0. The van der Waals surface area contributed by atoms with Gasteiger partial charge in [0.25, 0.3) is 5.56 Å². The normalized spacial score (nSPS) is 10.9. The number of nitrogens with one attached hydrogen (secondary N) is 1. The summed E-state index contributed by atoms with van der Waals surface area (Å²) in [4.78, 5) is 37.2. The summed E-state index contributed by atoms with van der Waals surface area (Å²) >= 11 is 0. The largest absolute Gasteiger partial charge is 0.452 e. The zero-order valence-electron chi connectivity index (χ0n) is 17.2. The molecule has 0 unspecified atom stereocenters. The van der Waals surface area contributed by atoms with E-state index in [2.05, 4.69) is 14.8 Å². The van der Waals surface area contributed by atoms with Crippen LogP contribution < -0.4 is 5.56 Å². The second kappa shape index (κ2) is 8.39. The third kappa shape index (κ3) is 4.02. The molecule has 0 aliphatic carbocycles. The second-order valence-corrected chi connectivity index (χ2v) is 7.30. The van der Waals surface area contributed by atoms with Gasteiger partial charge in [0.2, 0.25) is 5.78 Å². The van der Waals surface area contributed by atoms with Gasteiger partial charge in [0.1, 0.15) is 0 Å². The van der Waals surface area contributed by atoms with Crippen molar-refractivity contribution >= 4 is 22.5 Å². The van der Waals surface area contributed by atoms with E-state index in [4.69, 9.17) is 4.74 Å². The number of H-pyrrole nitrogens is 1. The van der Waals surface area contributed by atoms with Crippen LogP contribution in [0.5, 0.6) is 0 Å². The van der Waals surface area contributed by atoms with E-state index in [1.54, 1.807) is 24.3 Å². The minimum atomic E-state index is -0.765. The number of esters is 1. The van der Waals surface area contributed by atoms with E-state index in [0.717, 1.165) is 17.0 Å². The third-order valence-corrected chi connectivity index (χ3v) is 5.28. The van der Waals surface area contributed by atoms with Crippen molar-refractivity contribution in [1.82, 2.24) is 14.8 Å². The molecule has 0 aliphatic rings. The van der Waals surface area contributed by atoms with Crippen molar-refractivity contribution in [3.63, 3.8) is 0 Å². The second-order valence-electron chi connectivity index (χ2n) is 7.30. The highest BCUT2D eigenvalue weighted by Gasteiger charge is 2.20. The number of aromatic nitrogens is 3. The molecule has 0 atom stereocenters. The first kappa shape index (κ1) is 20.3. The summed E-state index contributed by atoms with van der Waals surface area (Å²) in [5.74, 6) is -1.06. The van der Waals surface area contributed by atoms with Crippen molar-refractivity contribution in [2.24, 2.45) is 0 Å². The number of ether oxygens (including phenoxy) is 1. The molecule has 7 nitrogen and oxygen atoms in total. The Labute approximate surface area is 178 Å². The zero-order valence-corrected chi connectivity index (χ0v) is 17.2. The van der Waals surface area contributed by atoms with E-state index in [1.165, 1.54) is 0 Å². The first-order valence-electron chi connectivity index (χ1n) is 9.84. The predicted molar refractivity (Wildman–Crippen MR) is 116 cm³/mol. The van der Waals surface area contributed by atoms with Crippen LogP contribution in [0.4, 0.5) is 0 Å². The monoisotopic (exact) mass is 415 g/mol. The van der Waals surface area contributed by atoms with Crippen LogP contribution in [0, 0.1) is 13.8 Å². The molecule has 1 N–H and O–H groups in total. The van der Waals surface area contributed by atoms with Crippen LogP contribution in [-0.4, -0.2) is 33.1 Å². The topological polar surface area (TPSA) is 94.1 Å². The average Bonchev–Trinajstić information content (AvgIpc) is 3.07. The molecule has 0 amide bonds. The van der Waals surface area contributed by atoms with E-state index >= 15 is 0 Å². The van der Waals surface area contributed by atoms with E-state index in [-0.39, 0.29) is 11.5 Å². The Morgan fingerprint density at radius 2 is 1.68 bits per heavy atom. The number of hydrogen-bond acceptors (Lipinski definition) is 5. The Hall–Kier alpha value is -4.00. The molecule has 31 heavy (non-hydrogen) atoms. The van der Waals surface area contributed by atoms with Gasteiger partial charge in [-0.25, -0.2) is 9.89 Å². The fourth-order valence-electron chi connectivity index (χ4n) is 3.64. The standard InChI is InChI=1S/C24H21N3O4/c1-15-12-20(16(2)27(15)13-17-8-4-3-5-9-17)21(28)14-31-24(30)22-18-10-6-7-11-19(18)23(29)26-25-22/h3-12H,13-14H2,1-2H3,(H,26,29). The van der Waals surface area contributed by atoms with Crippen molar-refractivity contribution in [3.05, 3.63) is 99.2 Å². The number of fused-ring (bicyclic) bond motifs is 1. The maximum absolute atomic E-state index is 12.8. The molecule has 0 bridgehead atoms. The van der Waals surface area contributed by atoms with Gasteiger partial charge in [-0.1, -0.05) is 48.5 Å². The van der Waals surface area contributed by atoms with E-state index in [1.807, 2.05) is 50.2 Å². The van der Waals surface area contributed by atoms with Crippen molar-refractivity contribution in [3.8, 4) is 0 Å². The van der Waals surface area contributed by atoms with E-state index in [0.29, 0.717) is 22.9 Å². The van der Waals surface area contributed by atoms with Crippen molar-refractivity contribution in [2.45, 2.75) is 20.4 Å². The average molecular weight is 415 g/mol. The molecule has 2 aromatic heterocycles. The highest BCUT2D eigenvalue weighted by atomic mass is 16.5. The first-order valence-corrected chi connectivity index (χ1v) is 9.84. The molecule has 7 heteroatoms. The molecule has 2 heterocycles. The summed E-state index contributed by atoms with van der Waals surface area (Å²) in [6.45, 7) is 4.06. The predicted octanol–water partition coefficient (Wildman–Crippen LogP) is 3.43. The van der Waals surface area contributed by atoms with Gasteiger partial charge in [0.05, 0.1) is 5.39 Å². The third-order valence-electron chi connectivity index (χ3n) is 5.28. The Balaban J connectivity index is 1.51. The minimum absolute atomic E-state index is 0.0300. The van der Waals surface area contributed by atoms with Crippen molar-refractivity contribution in [1.29, 1.82) is 0 Å². The highest BCUT2D eigenvalue weighted by Crippen LogP contribution is 2.19. The Morgan fingerprint density at radius 1 is 1.00 bits per heavy atom. The molecule has 0 spiro atoms. The van der Waals surface area contributed by atoms with Gasteiger partial charge in [-0.2, -0.15) is 5.10 Å². The molecule has 0 saturated heterocycles. The van der Waals surface area contributed by atoms with Gasteiger partial charge in [0, 0.05) is 28.9 Å². The molecule has 2 aromatic carbocycles. The molecule has 0 fully saturated rings. The molecule has 156 valence electrons. The van der Waals surface area contributed by atoms with Gasteiger partial charge >= 0.3 is 5.97 Å². The number of carbonyl (C=O) groups excluding carboxylic acids is 2. The lowest BCUT2D eigenvalue weighted by Crippen LogP contribution is -2.19. The van der Waals surface area contributed by atoms with Crippen LogP contribution in [0.25, 0.3) is 10.8 Å². The minimum Gasteiger partial charge on any atom is -0.452 e. The molecule has 4 rings (SSSR count). The van der Waals surface area contributed by atoms with Gasteiger partial charge in [0.15, 0.2) is 12.3 Å². The van der Waals surface area contributed by atoms with E-state index in [9.17, 15) is 14.4 Å². The van der Waals surface area contributed by atoms with E-state index < -0.39 is 18.1 Å². The van der Waals surface area contributed by atoms with Crippen LogP contribution >= 0.6 is 0 Å². The van der Waals surface area contributed by atoms with Crippen LogP contribution in [0.2, 0.25) is 0 Å². The lowest BCUT2D eigenvalue weighted by atomic mass is 10.1. The highest BCUT2D eigenvalue weighted by molar-refractivity contribution is 6.04. The summed E-state index contributed by atoms with van der Waals surface area (Å²) in [7, 11) is 0. The summed E-state index contributed by atoms with van der Waals surface area (Å²) < 4.78 is 7.29.